The fourth-order valence-electron chi connectivity index (χ4n) is 3.00. The molecule has 0 radical (unpaired) electrons. The van der Waals surface area contributed by atoms with Gasteiger partial charge in [0.15, 0.2) is 11.9 Å². The maximum Gasteiger partial charge on any atom is 0.261 e. The van der Waals surface area contributed by atoms with E-state index in [-0.39, 0.29) is 30.2 Å². The number of rotatable bonds is 2. The molecule has 1 heterocycles. The predicted molar refractivity (Wildman–Crippen MR) is 83.2 cm³/mol. The Balaban J connectivity index is 1.65. The molecule has 6 heteroatoms. The Labute approximate surface area is 134 Å². The van der Waals surface area contributed by atoms with Crippen LogP contribution in [0.15, 0.2) is 18.2 Å². The minimum Gasteiger partial charge on any atom is -0.479 e. The molecule has 1 fully saturated rings. The van der Waals surface area contributed by atoms with Gasteiger partial charge in [-0.25, -0.2) is 0 Å². The Kier molecular flexibility index (Phi) is 4.36. The second kappa shape index (κ2) is 6.26. The summed E-state index contributed by atoms with van der Waals surface area (Å²) in [7, 11) is 0. The van der Waals surface area contributed by atoms with Gasteiger partial charge >= 0.3 is 0 Å². The predicted octanol–water partition coefficient (Wildman–Crippen LogP) is 2.06. The van der Waals surface area contributed by atoms with Crippen LogP contribution in [0.2, 0.25) is 5.02 Å². The first-order chi connectivity index (χ1) is 10.5. The highest BCUT2D eigenvalue weighted by Gasteiger charge is 2.33. The van der Waals surface area contributed by atoms with Gasteiger partial charge in [0, 0.05) is 17.1 Å². The molecule has 1 saturated carbocycles. The molecule has 1 aromatic carbocycles. The highest BCUT2D eigenvalue weighted by molar-refractivity contribution is 6.31. The summed E-state index contributed by atoms with van der Waals surface area (Å²) in [6.45, 7) is 0. The van der Waals surface area contributed by atoms with E-state index in [1.165, 1.54) is 0 Å². The number of hydrogen-bond donors (Lipinski definition) is 2. The minimum atomic E-state index is -0.767. The monoisotopic (exact) mass is 322 g/mol. The van der Waals surface area contributed by atoms with Gasteiger partial charge in [0.1, 0.15) is 5.75 Å². The third-order valence-electron chi connectivity index (χ3n) is 4.29. The molecule has 1 atom stereocenters. The number of nitrogens with two attached hydrogens (primary N) is 1. The normalized spacial score (nSPS) is 27.7. The van der Waals surface area contributed by atoms with Gasteiger partial charge in [-0.15, -0.1) is 0 Å². The molecule has 0 saturated heterocycles. The van der Waals surface area contributed by atoms with E-state index >= 15 is 0 Å². The Morgan fingerprint density at radius 1 is 1.27 bits per heavy atom. The summed E-state index contributed by atoms with van der Waals surface area (Å²) >= 11 is 5.88. The molecule has 2 aliphatic rings. The molecule has 1 aromatic rings. The molecule has 1 aliphatic heterocycles. The molecule has 0 bridgehead atoms. The number of nitrogens with one attached hydrogen (secondary N) is 1. The van der Waals surface area contributed by atoms with E-state index in [2.05, 4.69) is 5.32 Å². The lowest BCUT2D eigenvalue weighted by Gasteiger charge is -2.30. The zero-order valence-electron chi connectivity index (χ0n) is 12.2. The quantitative estimate of drug-likeness (QED) is 0.873. The van der Waals surface area contributed by atoms with Crippen LogP contribution in [-0.4, -0.2) is 29.9 Å². The van der Waals surface area contributed by atoms with Crippen LogP contribution in [-0.2, 0) is 4.79 Å². The smallest absolute Gasteiger partial charge is 0.261 e. The van der Waals surface area contributed by atoms with Crippen molar-refractivity contribution in [3.8, 4) is 5.75 Å². The van der Waals surface area contributed by atoms with E-state index in [1.807, 2.05) is 0 Å². The number of carbonyl (C=O) groups is 2. The molecule has 3 rings (SSSR count). The van der Waals surface area contributed by atoms with Crippen LogP contribution in [0.1, 0.15) is 42.5 Å². The first-order valence-electron chi connectivity index (χ1n) is 7.58. The Hall–Kier alpha value is -1.59. The topological polar surface area (TPSA) is 81.4 Å². The van der Waals surface area contributed by atoms with Crippen molar-refractivity contribution in [2.75, 3.05) is 0 Å². The van der Waals surface area contributed by atoms with Crippen molar-refractivity contribution < 1.29 is 14.3 Å². The molecule has 118 valence electrons. The number of amides is 1. The maximum absolute atomic E-state index is 12.3. The number of Topliss-reactive ketones (excluding diaryl/α,β-unsaturated/α-hetero) is 1. The molecular formula is C16H19ClN2O3. The Morgan fingerprint density at radius 3 is 2.73 bits per heavy atom. The van der Waals surface area contributed by atoms with Gasteiger partial charge in [0.05, 0.1) is 12.0 Å². The second-order valence-corrected chi connectivity index (χ2v) is 6.43. The lowest BCUT2D eigenvalue weighted by molar-refractivity contribution is -0.129. The molecule has 0 spiro atoms. The lowest BCUT2D eigenvalue weighted by Crippen LogP contribution is -2.48. The molecule has 3 N–H and O–H groups in total. The van der Waals surface area contributed by atoms with Crippen LogP contribution in [0.3, 0.4) is 0 Å². The van der Waals surface area contributed by atoms with Crippen molar-refractivity contribution in [1.82, 2.24) is 5.32 Å². The zero-order valence-corrected chi connectivity index (χ0v) is 12.9. The minimum absolute atomic E-state index is 0.0470. The molecule has 0 aromatic heterocycles. The van der Waals surface area contributed by atoms with Crippen LogP contribution in [0.4, 0.5) is 0 Å². The van der Waals surface area contributed by atoms with Crippen LogP contribution >= 0.6 is 11.6 Å². The fraction of sp³-hybridized carbons (Fsp3) is 0.500. The Morgan fingerprint density at radius 2 is 2.00 bits per heavy atom. The SMILES string of the molecule is N[C@H]1CC[C@H](NC(=O)[C@H]2CC(=O)c3cc(Cl)ccc3O2)CC1. The molecule has 22 heavy (non-hydrogen) atoms. The van der Waals surface area contributed by atoms with Gasteiger partial charge in [-0.3, -0.25) is 9.59 Å². The number of carbonyl (C=O) groups excluding carboxylic acids is 2. The van der Waals surface area contributed by atoms with Gasteiger partial charge in [-0.1, -0.05) is 11.6 Å². The second-order valence-electron chi connectivity index (χ2n) is 5.99. The molecular weight excluding hydrogens is 304 g/mol. The van der Waals surface area contributed by atoms with Gasteiger partial charge in [0.25, 0.3) is 5.91 Å². The van der Waals surface area contributed by atoms with E-state index in [0.29, 0.717) is 16.3 Å². The van der Waals surface area contributed by atoms with E-state index in [1.54, 1.807) is 18.2 Å². The summed E-state index contributed by atoms with van der Waals surface area (Å²) in [5, 5.41) is 3.46. The van der Waals surface area contributed by atoms with E-state index in [0.717, 1.165) is 25.7 Å². The molecule has 0 unspecified atom stereocenters. The van der Waals surface area contributed by atoms with Gasteiger partial charge in [0.2, 0.25) is 0 Å². The number of ether oxygens (including phenoxy) is 1. The largest absolute Gasteiger partial charge is 0.479 e. The van der Waals surface area contributed by atoms with Crippen LogP contribution in [0, 0.1) is 0 Å². The number of halogens is 1. The summed E-state index contributed by atoms with van der Waals surface area (Å²) in [6.07, 6.45) is 2.86. The third-order valence-corrected chi connectivity index (χ3v) is 4.53. The fourth-order valence-corrected chi connectivity index (χ4v) is 3.17. The summed E-state index contributed by atoms with van der Waals surface area (Å²) < 4.78 is 5.67. The lowest BCUT2D eigenvalue weighted by atomic mass is 9.91. The van der Waals surface area contributed by atoms with Crippen molar-refractivity contribution >= 4 is 23.3 Å². The van der Waals surface area contributed by atoms with Gasteiger partial charge in [-0.2, -0.15) is 0 Å². The highest BCUT2D eigenvalue weighted by Crippen LogP contribution is 2.30. The standard InChI is InChI=1S/C16H19ClN2O3/c17-9-1-6-14-12(7-9)13(20)8-15(22-14)16(21)19-11-4-2-10(18)3-5-11/h1,6-7,10-11,15H,2-5,8,18H2,(H,19,21)/t10-,11-,15-/m1/s1. The Bertz CT molecular complexity index is 597. The first-order valence-corrected chi connectivity index (χ1v) is 7.96. The van der Waals surface area contributed by atoms with E-state index in [9.17, 15) is 9.59 Å². The summed E-state index contributed by atoms with van der Waals surface area (Å²) in [6, 6.07) is 5.22. The summed E-state index contributed by atoms with van der Waals surface area (Å²) in [5.74, 6) is 0.0791. The van der Waals surface area contributed by atoms with Crippen molar-refractivity contribution in [1.29, 1.82) is 0 Å². The number of hydrogen-bond acceptors (Lipinski definition) is 4. The molecule has 1 aliphatic carbocycles. The van der Waals surface area contributed by atoms with Crippen LogP contribution in [0.25, 0.3) is 0 Å². The first kappa shape index (κ1) is 15.3. The van der Waals surface area contributed by atoms with Crippen molar-refractivity contribution in [3.63, 3.8) is 0 Å². The van der Waals surface area contributed by atoms with Crippen molar-refractivity contribution in [2.24, 2.45) is 5.73 Å². The maximum atomic E-state index is 12.3. The number of benzene rings is 1. The van der Waals surface area contributed by atoms with Crippen molar-refractivity contribution in [2.45, 2.75) is 50.3 Å². The van der Waals surface area contributed by atoms with Crippen LogP contribution < -0.4 is 15.8 Å². The van der Waals surface area contributed by atoms with E-state index < -0.39 is 6.10 Å². The average Bonchev–Trinajstić information content (AvgIpc) is 2.50. The summed E-state index contributed by atoms with van der Waals surface area (Å²) in [4.78, 5) is 24.5. The average molecular weight is 323 g/mol. The third kappa shape index (κ3) is 3.25. The van der Waals surface area contributed by atoms with E-state index in [4.69, 9.17) is 22.1 Å². The highest BCUT2D eigenvalue weighted by atomic mass is 35.5. The van der Waals surface area contributed by atoms with Gasteiger partial charge in [-0.05, 0) is 43.9 Å². The zero-order chi connectivity index (χ0) is 15.7. The summed E-state index contributed by atoms with van der Waals surface area (Å²) in [5.41, 5.74) is 6.31. The van der Waals surface area contributed by atoms with Crippen LogP contribution in [0.5, 0.6) is 5.75 Å². The molecule has 5 nitrogen and oxygen atoms in total. The van der Waals surface area contributed by atoms with Crippen molar-refractivity contribution in [3.05, 3.63) is 28.8 Å². The van der Waals surface area contributed by atoms with Gasteiger partial charge < -0.3 is 15.8 Å². The number of ketones is 1. The number of fused-ring (bicyclic) bond motifs is 1. The molecule has 1 amide bonds.